The van der Waals surface area contributed by atoms with Crippen molar-refractivity contribution in [2.45, 2.75) is 6.42 Å². The van der Waals surface area contributed by atoms with E-state index in [0.29, 0.717) is 6.42 Å². The first-order chi connectivity index (χ1) is 3.41. The van der Waals surface area contributed by atoms with Crippen molar-refractivity contribution in [1.29, 1.82) is 0 Å². The third-order valence-electron chi connectivity index (χ3n) is 0.488. The first kappa shape index (κ1) is 6.28. The third-order valence-corrected chi connectivity index (χ3v) is 0.488. The lowest BCUT2D eigenvalue weighted by Crippen LogP contribution is -1.75. The average Bonchev–Trinajstić information content (AvgIpc) is 1.69. The summed E-state index contributed by atoms with van der Waals surface area (Å²) in [6.07, 6.45) is 3.63. The van der Waals surface area contributed by atoms with Crippen LogP contribution in [0, 0.1) is 0 Å². The molecule has 3 N–H and O–H groups in total. The zero-order valence-electron chi connectivity index (χ0n) is 4.09. The van der Waals surface area contributed by atoms with E-state index in [1.165, 1.54) is 6.20 Å². The smallest absolute Gasteiger partial charge is 0.0471 e. The summed E-state index contributed by atoms with van der Waals surface area (Å²) < 4.78 is 0. The van der Waals surface area contributed by atoms with Gasteiger partial charge in [0, 0.05) is 12.8 Å². The summed E-state index contributed by atoms with van der Waals surface area (Å²) in [5.41, 5.74) is 7.54. The van der Waals surface area contributed by atoms with Crippen LogP contribution in [-0.2, 0) is 0 Å². The molecule has 0 heterocycles. The van der Waals surface area contributed by atoms with Gasteiger partial charge in [-0.1, -0.05) is 0 Å². The van der Waals surface area contributed by atoms with Crippen molar-refractivity contribution in [3.63, 3.8) is 0 Å². The lowest BCUT2D eigenvalue weighted by Gasteiger charge is -1.74. The van der Waals surface area contributed by atoms with Crippen LogP contribution in [0.5, 0.6) is 0 Å². The van der Waals surface area contributed by atoms with Gasteiger partial charge >= 0.3 is 0 Å². The van der Waals surface area contributed by atoms with E-state index in [1.807, 2.05) is 0 Å². The fraction of sp³-hybridized carbons (Fsp3) is 0.400. The van der Waals surface area contributed by atoms with Crippen molar-refractivity contribution in [3.05, 3.63) is 18.0 Å². The fourth-order valence-corrected chi connectivity index (χ4v) is 0.216. The molecule has 0 saturated heterocycles. The summed E-state index contributed by atoms with van der Waals surface area (Å²) >= 11 is 0. The normalized spacial score (nSPS) is 7.00. The van der Waals surface area contributed by atoms with E-state index in [9.17, 15) is 0 Å². The van der Waals surface area contributed by atoms with Gasteiger partial charge in [-0.05, 0) is 12.5 Å². The van der Waals surface area contributed by atoms with Gasteiger partial charge in [0.05, 0.1) is 0 Å². The molecule has 0 aliphatic heterocycles. The average molecular weight is 99.1 g/mol. The predicted molar refractivity (Wildman–Crippen MR) is 28.5 cm³/mol. The molecule has 0 rings (SSSR count). The van der Waals surface area contributed by atoms with E-state index in [4.69, 9.17) is 10.8 Å². The van der Waals surface area contributed by atoms with Crippen molar-refractivity contribution in [1.82, 2.24) is 0 Å². The molecule has 0 aromatic rings. The minimum absolute atomic E-state index is 0.167. The van der Waals surface area contributed by atoms with Crippen LogP contribution in [0.4, 0.5) is 0 Å². The van der Waals surface area contributed by atoms with Gasteiger partial charge in [-0.25, -0.2) is 0 Å². The summed E-state index contributed by atoms with van der Waals surface area (Å²) in [6, 6.07) is 0. The van der Waals surface area contributed by atoms with Gasteiger partial charge in [-0.2, -0.15) is 0 Å². The zero-order valence-corrected chi connectivity index (χ0v) is 4.09. The Morgan fingerprint density at radius 2 is 2.43 bits per heavy atom. The van der Waals surface area contributed by atoms with Crippen LogP contribution in [0.15, 0.2) is 18.0 Å². The van der Waals surface area contributed by atoms with Gasteiger partial charge in [0.25, 0.3) is 0 Å². The Morgan fingerprint density at radius 1 is 1.71 bits per heavy atom. The van der Waals surface area contributed by atoms with Gasteiger partial charge in [0.2, 0.25) is 0 Å². The Labute approximate surface area is 43.0 Å². The molecule has 0 spiro atoms. The molecular weight excluding hydrogens is 90.1 g/mol. The largest absolute Gasteiger partial charge is 0.398 e. The minimum Gasteiger partial charge on any atom is -0.398 e. The van der Waals surface area contributed by atoms with Crippen molar-refractivity contribution in [2.24, 2.45) is 5.73 Å². The van der Waals surface area contributed by atoms with Crippen molar-refractivity contribution >= 4 is 0 Å². The van der Waals surface area contributed by atoms with E-state index in [2.05, 4.69) is 5.73 Å². The standard InChI is InChI=1S/C5H9NO/c6-4-2-1-3-5-7/h1,4,7H,3,5-6H2. The van der Waals surface area contributed by atoms with Crippen LogP contribution in [0.25, 0.3) is 0 Å². The van der Waals surface area contributed by atoms with Crippen LogP contribution in [0.3, 0.4) is 0 Å². The molecule has 40 valence electrons. The molecule has 0 saturated carbocycles. The number of hydrogen-bond donors (Lipinski definition) is 2. The van der Waals surface area contributed by atoms with E-state index >= 15 is 0 Å². The van der Waals surface area contributed by atoms with Crippen molar-refractivity contribution < 1.29 is 5.11 Å². The number of nitrogens with two attached hydrogens (primary N) is 1. The summed E-state index contributed by atoms with van der Waals surface area (Å²) in [4.78, 5) is 0. The lowest BCUT2D eigenvalue weighted by molar-refractivity contribution is 0.302. The van der Waals surface area contributed by atoms with Gasteiger partial charge in [0.15, 0.2) is 0 Å². The second kappa shape index (κ2) is 5.28. The maximum Gasteiger partial charge on any atom is 0.0471 e. The monoisotopic (exact) mass is 99.1 g/mol. The quantitative estimate of drug-likeness (QED) is 0.478. The van der Waals surface area contributed by atoms with Gasteiger partial charge < -0.3 is 10.8 Å². The van der Waals surface area contributed by atoms with E-state index in [1.54, 1.807) is 6.08 Å². The summed E-state index contributed by atoms with van der Waals surface area (Å²) in [5, 5.41) is 8.17. The van der Waals surface area contributed by atoms with Crippen LogP contribution >= 0.6 is 0 Å². The highest BCUT2D eigenvalue weighted by Gasteiger charge is 1.66. The molecule has 0 amide bonds. The van der Waals surface area contributed by atoms with E-state index in [0.717, 1.165) is 0 Å². The molecule has 0 unspecified atom stereocenters. The highest BCUT2D eigenvalue weighted by atomic mass is 16.2. The molecule has 0 aromatic carbocycles. The predicted octanol–water partition coefficient (Wildman–Crippen LogP) is -0.00370. The molecule has 0 radical (unpaired) electrons. The Balaban J connectivity index is 3.10. The topological polar surface area (TPSA) is 46.2 Å². The van der Waals surface area contributed by atoms with Crippen LogP contribution in [0.1, 0.15) is 6.42 Å². The first-order valence-corrected chi connectivity index (χ1v) is 2.14. The van der Waals surface area contributed by atoms with Gasteiger partial charge in [-0.3, -0.25) is 0 Å². The zero-order chi connectivity index (χ0) is 5.54. The van der Waals surface area contributed by atoms with E-state index < -0.39 is 0 Å². The third kappa shape index (κ3) is 5.28. The molecule has 0 fully saturated rings. The van der Waals surface area contributed by atoms with Crippen molar-refractivity contribution in [2.75, 3.05) is 6.61 Å². The molecule has 2 nitrogen and oxygen atoms in total. The molecule has 7 heavy (non-hydrogen) atoms. The second-order valence-corrected chi connectivity index (χ2v) is 1.05. The Bertz CT molecular complexity index is 82.1. The second-order valence-electron chi connectivity index (χ2n) is 1.05. The first-order valence-electron chi connectivity index (χ1n) is 2.14. The number of aliphatic hydroxyl groups is 1. The highest BCUT2D eigenvalue weighted by molar-refractivity contribution is 4.79. The Hall–Kier alpha value is -0.720. The minimum atomic E-state index is 0.167. The summed E-state index contributed by atoms with van der Waals surface area (Å²) in [6.45, 7) is 0.167. The fourth-order valence-electron chi connectivity index (χ4n) is 0.216. The number of hydrogen-bond acceptors (Lipinski definition) is 2. The van der Waals surface area contributed by atoms with Crippen LogP contribution in [0.2, 0.25) is 0 Å². The number of rotatable bonds is 2. The SMILES string of the molecule is NC=C=CCCO. The van der Waals surface area contributed by atoms with Gasteiger partial charge in [0.1, 0.15) is 0 Å². The lowest BCUT2D eigenvalue weighted by atomic mass is 10.4. The number of aliphatic hydroxyl groups excluding tert-OH is 1. The Kier molecular flexibility index (Phi) is 4.74. The van der Waals surface area contributed by atoms with E-state index in [-0.39, 0.29) is 6.61 Å². The van der Waals surface area contributed by atoms with Crippen molar-refractivity contribution in [3.8, 4) is 0 Å². The molecule has 0 aliphatic rings. The molecule has 2 heteroatoms. The van der Waals surface area contributed by atoms with Gasteiger partial charge in [-0.15, -0.1) is 5.73 Å². The van der Waals surface area contributed by atoms with Crippen LogP contribution in [-0.4, -0.2) is 11.7 Å². The van der Waals surface area contributed by atoms with Crippen LogP contribution < -0.4 is 5.73 Å². The summed E-state index contributed by atoms with van der Waals surface area (Å²) in [7, 11) is 0. The molecular formula is C5H9NO. The maximum absolute atomic E-state index is 8.17. The Morgan fingerprint density at radius 3 is 2.86 bits per heavy atom. The molecule has 0 aromatic heterocycles. The molecule has 0 aliphatic carbocycles. The highest BCUT2D eigenvalue weighted by Crippen LogP contribution is 1.73. The molecule has 0 bridgehead atoms. The summed E-state index contributed by atoms with van der Waals surface area (Å²) in [5.74, 6) is 0. The molecule has 0 atom stereocenters. The maximum atomic E-state index is 8.17.